The molecular weight excluding hydrogens is 221 g/mol. The molecule has 0 aromatic rings. The molecule has 0 aliphatic rings. The van der Waals surface area contributed by atoms with E-state index in [4.69, 9.17) is 5.11 Å². The van der Waals surface area contributed by atoms with E-state index in [1.807, 2.05) is 6.92 Å². The summed E-state index contributed by atoms with van der Waals surface area (Å²) in [6, 6.07) is -1.07. The molecule has 0 spiro atoms. The molecule has 7 heteroatoms. The number of rotatable bonds is 7. The van der Waals surface area contributed by atoms with Crippen molar-refractivity contribution >= 4 is 13.7 Å². The molecular formula is C8H18NO5P. The summed E-state index contributed by atoms with van der Waals surface area (Å²) in [6.45, 7) is 5.11. The third kappa shape index (κ3) is 5.28. The fourth-order valence-electron chi connectivity index (χ4n) is 1.05. The molecule has 0 saturated heterocycles. The summed E-state index contributed by atoms with van der Waals surface area (Å²) in [6.07, 6.45) is 0.593. The van der Waals surface area contributed by atoms with Crippen LogP contribution in [0.3, 0.4) is 0 Å². The summed E-state index contributed by atoms with van der Waals surface area (Å²) in [7, 11) is -4.00. The zero-order chi connectivity index (χ0) is 12.1. The average molecular weight is 239 g/mol. The number of carboxylic acid groups (broad SMARTS) is 1. The summed E-state index contributed by atoms with van der Waals surface area (Å²) >= 11 is 0. The normalized spacial score (nSPS) is 19.2. The van der Waals surface area contributed by atoms with E-state index in [0.717, 1.165) is 0 Å². The SMILES string of the molecule is CCOP(=O)(O)N[C@H](C(=O)O)[C@@H](C)CC. The Morgan fingerprint density at radius 1 is 1.53 bits per heavy atom. The number of hydrogen-bond donors (Lipinski definition) is 3. The summed E-state index contributed by atoms with van der Waals surface area (Å²) in [4.78, 5) is 20.1. The van der Waals surface area contributed by atoms with E-state index in [0.29, 0.717) is 6.42 Å². The van der Waals surface area contributed by atoms with E-state index in [-0.39, 0.29) is 12.5 Å². The highest BCUT2D eigenvalue weighted by Crippen LogP contribution is 2.38. The zero-order valence-corrected chi connectivity index (χ0v) is 10.0. The van der Waals surface area contributed by atoms with Crippen LogP contribution in [0.25, 0.3) is 0 Å². The van der Waals surface area contributed by atoms with Crippen LogP contribution in [-0.4, -0.2) is 28.6 Å². The van der Waals surface area contributed by atoms with Gasteiger partial charge in [-0.15, -0.1) is 0 Å². The second-order valence-electron chi connectivity index (χ2n) is 3.27. The first-order valence-electron chi connectivity index (χ1n) is 4.82. The van der Waals surface area contributed by atoms with Crippen molar-refractivity contribution in [2.45, 2.75) is 33.2 Å². The minimum Gasteiger partial charge on any atom is -0.480 e. The van der Waals surface area contributed by atoms with Crippen LogP contribution in [0.4, 0.5) is 0 Å². The fourth-order valence-corrected chi connectivity index (χ4v) is 2.19. The quantitative estimate of drug-likeness (QED) is 0.578. The Bertz CT molecular complexity index is 257. The van der Waals surface area contributed by atoms with Gasteiger partial charge in [-0.2, -0.15) is 0 Å². The highest BCUT2D eigenvalue weighted by Gasteiger charge is 2.31. The lowest BCUT2D eigenvalue weighted by atomic mass is 10.0. The van der Waals surface area contributed by atoms with Crippen molar-refractivity contribution in [1.29, 1.82) is 0 Å². The Balaban J connectivity index is 4.54. The van der Waals surface area contributed by atoms with Crippen LogP contribution in [0.15, 0.2) is 0 Å². The van der Waals surface area contributed by atoms with Crippen LogP contribution in [0.2, 0.25) is 0 Å². The topological polar surface area (TPSA) is 95.9 Å². The first kappa shape index (κ1) is 14.6. The van der Waals surface area contributed by atoms with Crippen molar-refractivity contribution < 1.29 is 23.9 Å². The molecule has 6 nitrogen and oxygen atoms in total. The highest BCUT2D eigenvalue weighted by atomic mass is 31.2. The van der Waals surface area contributed by atoms with Crippen molar-refractivity contribution in [3.8, 4) is 0 Å². The molecule has 1 unspecified atom stereocenters. The molecule has 0 fully saturated rings. The second kappa shape index (κ2) is 6.23. The first-order chi connectivity index (χ1) is 6.84. The molecule has 0 aromatic heterocycles. The van der Waals surface area contributed by atoms with Crippen LogP contribution < -0.4 is 5.09 Å². The van der Waals surface area contributed by atoms with Crippen LogP contribution in [0, 0.1) is 5.92 Å². The van der Waals surface area contributed by atoms with Gasteiger partial charge < -0.3 is 10.00 Å². The third-order valence-electron chi connectivity index (χ3n) is 2.09. The Morgan fingerprint density at radius 2 is 2.07 bits per heavy atom. The molecule has 0 aliphatic carbocycles. The molecule has 3 N–H and O–H groups in total. The van der Waals surface area contributed by atoms with Gasteiger partial charge in [-0.25, -0.2) is 9.65 Å². The minimum atomic E-state index is -4.00. The van der Waals surface area contributed by atoms with E-state index in [9.17, 15) is 14.3 Å². The maximum absolute atomic E-state index is 11.3. The Kier molecular flexibility index (Phi) is 6.05. The van der Waals surface area contributed by atoms with Crippen molar-refractivity contribution in [2.24, 2.45) is 5.92 Å². The molecule has 0 aliphatic heterocycles. The molecule has 90 valence electrons. The van der Waals surface area contributed by atoms with Gasteiger partial charge in [0, 0.05) is 0 Å². The summed E-state index contributed by atoms with van der Waals surface area (Å²) in [5.74, 6) is -1.40. The lowest BCUT2D eigenvalue weighted by Crippen LogP contribution is -2.40. The predicted octanol–water partition coefficient (Wildman–Crippen LogP) is 1.21. The smallest absolute Gasteiger partial charge is 0.403 e. The standard InChI is InChI=1S/C8H18NO5P/c1-4-6(3)7(8(10)11)9-15(12,13)14-5-2/h6-7H,4-5H2,1-3H3,(H,10,11)(H2,9,12,13)/t6-,7-/m0/s1. The first-order valence-corrected chi connectivity index (χ1v) is 6.39. The van der Waals surface area contributed by atoms with Crippen LogP contribution in [0.1, 0.15) is 27.2 Å². The van der Waals surface area contributed by atoms with Gasteiger partial charge in [-0.1, -0.05) is 20.3 Å². The maximum Gasteiger partial charge on any atom is 0.403 e. The Morgan fingerprint density at radius 3 is 2.40 bits per heavy atom. The third-order valence-corrected chi connectivity index (χ3v) is 3.30. The van der Waals surface area contributed by atoms with Crippen LogP contribution >= 0.6 is 7.75 Å². The van der Waals surface area contributed by atoms with Crippen molar-refractivity contribution in [2.75, 3.05) is 6.61 Å². The van der Waals surface area contributed by atoms with E-state index in [1.165, 1.54) is 0 Å². The number of carbonyl (C=O) groups is 1. The lowest BCUT2D eigenvalue weighted by Gasteiger charge is -2.22. The van der Waals surface area contributed by atoms with E-state index >= 15 is 0 Å². The number of aliphatic carboxylic acids is 1. The highest BCUT2D eigenvalue weighted by molar-refractivity contribution is 7.50. The largest absolute Gasteiger partial charge is 0.480 e. The molecule has 0 heterocycles. The van der Waals surface area contributed by atoms with Gasteiger partial charge in [0.15, 0.2) is 0 Å². The zero-order valence-electron chi connectivity index (χ0n) is 9.14. The minimum absolute atomic E-state index is 0.0492. The second-order valence-corrected chi connectivity index (χ2v) is 4.83. The average Bonchev–Trinajstić information content (AvgIpc) is 2.12. The van der Waals surface area contributed by atoms with Gasteiger partial charge >= 0.3 is 13.7 Å². The van der Waals surface area contributed by atoms with Crippen molar-refractivity contribution in [3.05, 3.63) is 0 Å². The molecule has 0 amide bonds. The van der Waals surface area contributed by atoms with Crippen molar-refractivity contribution in [3.63, 3.8) is 0 Å². The molecule has 0 saturated carbocycles. The van der Waals surface area contributed by atoms with Gasteiger partial charge in [0.05, 0.1) is 6.61 Å². The van der Waals surface area contributed by atoms with Gasteiger partial charge in [0.1, 0.15) is 6.04 Å². The van der Waals surface area contributed by atoms with Gasteiger partial charge in [0.2, 0.25) is 0 Å². The number of carboxylic acids is 1. The molecule has 0 radical (unpaired) electrons. The van der Waals surface area contributed by atoms with E-state index < -0.39 is 19.8 Å². The fraction of sp³-hybridized carbons (Fsp3) is 0.875. The molecule has 0 bridgehead atoms. The predicted molar refractivity (Wildman–Crippen MR) is 55.5 cm³/mol. The Labute approximate surface area is 89.2 Å². The maximum atomic E-state index is 11.3. The van der Waals surface area contributed by atoms with Crippen LogP contribution in [-0.2, 0) is 13.9 Å². The van der Waals surface area contributed by atoms with E-state index in [2.05, 4.69) is 9.61 Å². The molecule has 3 atom stereocenters. The number of hydrogen-bond acceptors (Lipinski definition) is 3. The molecule has 0 rings (SSSR count). The Hall–Kier alpha value is -0.420. The van der Waals surface area contributed by atoms with E-state index in [1.54, 1.807) is 13.8 Å². The number of nitrogens with one attached hydrogen (secondary N) is 1. The van der Waals surface area contributed by atoms with Crippen molar-refractivity contribution in [1.82, 2.24) is 5.09 Å². The van der Waals surface area contributed by atoms with Gasteiger partial charge in [-0.3, -0.25) is 9.32 Å². The molecule has 0 aromatic carbocycles. The lowest BCUT2D eigenvalue weighted by molar-refractivity contribution is -0.140. The van der Waals surface area contributed by atoms with Gasteiger partial charge in [-0.05, 0) is 12.8 Å². The van der Waals surface area contributed by atoms with Crippen LogP contribution in [0.5, 0.6) is 0 Å². The monoisotopic (exact) mass is 239 g/mol. The van der Waals surface area contributed by atoms with Gasteiger partial charge in [0.25, 0.3) is 0 Å². The molecule has 15 heavy (non-hydrogen) atoms. The summed E-state index contributed by atoms with van der Waals surface area (Å²) in [5, 5.41) is 11.0. The summed E-state index contributed by atoms with van der Waals surface area (Å²) in [5.41, 5.74) is 0. The summed E-state index contributed by atoms with van der Waals surface area (Å²) < 4.78 is 15.8.